The minimum Gasteiger partial charge on any atom is -0.364 e. The number of pyridine rings is 1. The SMILES string of the molecule is CNC(=S)N/N=C(C)/C(CCc1cccnc1)=N/NC(=S)NC. The highest BCUT2D eigenvalue weighted by Crippen LogP contribution is 2.03. The molecular weight excluding hydrogens is 330 g/mol. The zero-order chi connectivity index (χ0) is 17.1. The third-order valence-electron chi connectivity index (χ3n) is 2.86. The van der Waals surface area contributed by atoms with Crippen molar-refractivity contribution in [2.24, 2.45) is 10.2 Å². The van der Waals surface area contributed by atoms with Crippen LogP contribution in [0.25, 0.3) is 0 Å². The van der Waals surface area contributed by atoms with Gasteiger partial charge in [-0.15, -0.1) is 0 Å². The predicted molar refractivity (Wildman–Crippen MR) is 103 cm³/mol. The largest absolute Gasteiger partial charge is 0.364 e. The summed E-state index contributed by atoms with van der Waals surface area (Å²) in [5.74, 6) is 0. The molecule has 0 radical (unpaired) electrons. The van der Waals surface area contributed by atoms with Crippen molar-refractivity contribution in [3.05, 3.63) is 30.1 Å². The Morgan fingerprint density at radius 1 is 1.13 bits per heavy atom. The van der Waals surface area contributed by atoms with E-state index in [1.165, 1.54) is 0 Å². The van der Waals surface area contributed by atoms with Gasteiger partial charge in [0, 0.05) is 26.5 Å². The van der Waals surface area contributed by atoms with Crippen LogP contribution in [-0.4, -0.2) is 40.7 Å². The van der Waals surface area contributed by atoms with E-state index in [1.54, 1.807) is 20.3 Å². The fourth-order valence-electron chi connectivity index (χ4n) is 1.56. The quantitative estimate of drug-likeness (QED) is 0.345. The fraction of sp³-hybridized carbons (Fsp3) is 0.357. The Morgan fingerprint density at radius 2 is 1.78 bits per heavy atom. The van der Waals surface area contributed by atoms with Gasteiger partial charge in [0.05, 0.1) is 11.4 Å². The van der Waals surface area contributed by atoms with Gasteiger partial charge in [-0.05, 0) is 55.8 Å². The average molecular weight is 352 g/mol. The predicted octanol–water partition coefficient (Wildman–Crippen LogP) is 0.934. The lowest BCUT2D eigenvalue weighted by Crippen LogP contribution is -2.32. The van der Waals surface area contributed by atoms with Crippen LogP contribution < -0.4 is 21.5 Å². The molecule has 1 aromatic heterocycles. The first-order valence-corrected chi connectivity index (χ1v) is 7.84. The van der Waals surface area contributed by atoms with Gasteiger partial charge < -0.3 is 10.6 Å². The van der Waals surface area contributed by atoms with Crippen molar-refractivity contribution in [1.82, 2.24) is 26.5 Å². The number of nitrogens with zero attached hydrogens (tertiary/aromatic N) is 3. The summed E-state index contributed by atoms with van der Waals surface area (Å²) in [6.45, 7) is 1.86. The van der Waals surface area contributed by atoms with E-state index in [9.17, 15) is 0 Å². The summed E-state index contributed by atoms with van der Waals surface area (Å²) < 4.78 is 0. The van der Waals surface area contributed by atoms with Crippen LogP contribution in [0.1, 0.15) is 18.9 Å². The Morgan fingerprint density at radius 3 is 2.35 bits per heavy atom. The molecule has 9 heteroatoms. The molecule has 124 valence electrons. The van der Waals surface area contributed by atoms with Gasteiger partial charge in [-0.3, -0.25) is 15.8 Å². The Balaban J connectivity index is 2.79. The molecule has 0 aromatic carbocycles. The molecule has 0 atom stereocenters. The smallest absolute Gasteiger partial charge is 0.186 e. The summed E-state index contributed by atoms with van der Waals surface area (Å²) in [6, 6.07) is 3.94. The van der Waals surface area contributed by atoms with E-state index in [0.717, 1.165) is 23.4 Å². The van der Waals surface area contributed by atoms with Gasteiger partial charge in [0.2, 0.25) is 0 Å². The maximum Gasteiger partial charge on any atom is 0.186 e. The Hall–Kier alpha value is -2.13. The molecule has 0 fully saturated rings. The van der Waals surface area contributed by atoms with E-state index in [2.05, 4.69) is 36.7 Å². The normalized spacial score (nSPS) is 11.6. The van der Waals surface area contributed by atoms with Crippen molar-refractivity contribution >= 4 is 46.1 Å². The number of hydrogen-bond acceptors (Lipinski definition) is 5. The number of hydrogen-bond donors (Lipinski definition) is 4. The van der Waals surface area contributed by atoms with Crippen molar-refractivity contribution in [3.8, 4) is 0 Å². The Labute approximate surface area is 147 Å². The molecule has 7 nitrogen and oxygen atoms in total. The highest BCUT2D eigenvalue weighted by molar-refractivity contribution is 7.80. The lowest BCUT2D eigenvalue weighted by molar-refractivity contribution is 0.941. The maximum absolute atomic E-state index is 5.04. The van der Waals surface area contributed by atoms with Crippen molar-refractivity contribution < 1.29 is 0 Å². The number of thiocarbonyl (C=S) groups is 2. The van der Waals surface area contributed by atoms with Crippen LogP contribution in [0, 0.1) is 0 Å². The molecule has 1 aromatic rings. The molecule has 0 saturated carbocycles. The van der Waals surface area contributed by atoms with Crippen LogP contribution in [0.15, 0.2) is 34.7 Å². The molecular formula is C14H21N7S2. The highest BCUT2D eigenvalue weighted by Gasteiger charge is 2.07. The molecule has 23 heavy (non-hydrogen) atoms. The summed E-state index contributed by atoms with van der Waals surface area (Å²) in [4.78, 5) is 4.11. The topological polar surface area (TPSA) is 85.7 Å². The molecule has 0 unspecified atom stereocenters. The summed E-state index contributed by atoms with van der Waals surface area (Å²) >= 11 is 10.0. The second-order valence-corrected chi connectivity index (χ2v) is 5.32. The van der Waals surface area contributed by atoms with Gasteiger partial charge in [0.1, 0.15) is 0 Å². The van der Waals surface area contributed by atoms with Gasteiger partial charge in [0.15, 0.2) is 10.2 Å². The monoisotopic (exact) mass is 351 g/mol. The first-order valence-electron chi connectivity index (χ1n) is 7.02. The van der Waals surface area contributed by atoms with Crippen LogP contribution in [0.2, 0.25) is 0 Å². The van der Waals surface area contributed by atoms with Gasteiger partial charge in [0.25, 0.3) is 0 Å². The molecule has 1 rings (SSSR count). The summed E-state index contributed by atoms with van der Waals surface area (Å²) in [6.07, 6.45) is 5.07. The van der Waals surface area contributed by atoms with Gasteiger partial charge in [-0.1, -0.05) is 6.07 Å². The lowest BCUT2D eigenvalue weighted by Gasteiger charge is -2.09. The van der Waals surface area contributed by atoms with E-state index in [4.69, 9.17) is 24.4 Å². The van der Waals surface area contributed by atoms with E-state index >= 15 is 0 Å². The first-order chi connectivity index (χ1) is 11.1. The van der Waals surface area contributed by atoms with E-state index in [-0.39, 0.29) is 0 Å². The number of rotatable bonds is 6. The van der Waals surface area contributed by atoms with E-state index < -0.39 is 0 Å². The second kappa shape index (κ2) is 10.6. The fourth-order valence-corrected chi connectivity index (χ4v) is 1.65. The zero-order valence-electron chi connectivity index (χ0n) is 13.4. The Kier molecular flexibility index (Phi) is 8.70. The number of aromatic nitrogens is 1. The van der Waals surface area contributed by atoms with Gasteiger partial charge in [-0.2, -0.15) is 10.2 Å². The Bertz CT molecular complexity index is 584. The van der Waals surface area contributed by atoms with E-state index in [0.29, 0.717) is 16.6 Å². The number of aryl methyl sites for hydroxylation is 1. The molecule has 0 amide bonds. The van der Waals surface area contributed by atoms with E-state index in [1.807, 2.05) is 25.3 Å². The van der Waals surface area contributed by atoms with Crippen LogP contribution in [-0.2, 0) is 6.42 Å². The average Bonchev–Trinajstić information content (AvgIpc) is 2.59. The van der Waals surface area contributed by atoms with Gasteiger partial charge >= 0.3 is 0 Å². The maximum atomic E-state index is 5.04. The molecule has 0 bridgehead atoms. The minimum atomic E-state index is 0.440. The summed E-state index contributed by atoms with van der Waals surface area (Å²) in [5.41, 5.74) is 8.16. The molecule has 0 aliphatic rings. The second-order valence-electron chi connectivity index (χ2n) is 4.50. The van der Waals surface area contributed by atoms with Crippen LogP contribution in [0.4, 0.5) is 0 Å². The molecule has 0 saturated heterocycles. The van der Waals surface area contributed by atoms with Crippen molar-refractivity contribution in [2.45, 2.75) is 19.8 Å². The van der Waals surface area contributed by atoms with Crippen LogP contribution in [0.3, 0.4) is 0 Å². The molecule has 0 aliphatic carbocycles. The molecule has 1 heterocycles. The number of nitrogens with one attached hydrogen (secondary N) is 4. The molecule has 4 N–H and O–H groups in total. The molecule has 0 aliphatic heterocycles. The van der Waals surface area contributed by atoms with Crippen LogP contribution >= 0.6 is 24.4 Å². The lowest BCUT2D eigenvalue weighted by atomic mass is 10.1. The van der Waals surface area contributed by atoms with Crippen molar-refractivity contribution in [1.29, 1.82) is 0 Å². The van der Waals surface area contributed by atoms with Crippen molar-refractivity contribution in [3.63, 3.8) is 0 Å². The standard InChI is InChI=1S/C14H21N7S2/c1-10(18-20-13(22)15-2)12(19-21-14(23)16-3)7-6-11-5-4-8-17-9-11/h4-5,8-9H,6-7H2,1-3H3,(H2,15,20,22)(H2,16,21,23)/b18-10+,19-12+. The third-order valence-corrected chi connectivity index (χ3v) is 3.45. The van der Waals surface area contributed by atoms with Crippen LogP contribution in [0.5, 0.6) is 0 Å². The summed E-state index contributed by atoms with van der Waals surface area (Å²) in [7, 11) is 3.46. The van der Waals surface area contributed by atoms with Gasteiger partial charge in [-0.25, -0.2) is 0 Å². The minimum absolute atomic E-state index is 0.440. The zero-order valence-corrected chi connectivity index (χ0v) is 15.0. The highest BCUT2D eigenvalue weighted by atomic mass is 32.1. The van der Waals surface area contributed by atoms with Crippen molar-refractivity contribution in [2.75, 3.05) is 14.1 Å². The summed E-state index contributed by atoms with van der Waals surface area (Å²) in [5, 5.41) is 15.0. The number of hydrazone groups is 2. The third kappa shape index (κ3) is 7.61. The first kappa shape index (κ1) is 18.9. The molecule has 0 spiro atoms.